The van der Waals surface area contributed by atoms with Crippen LogP contribution in [0.25, 0.3) is 0 Å². The predicted octanol–water partition coefficient (Wildman–Crippen LogP) is 1.38. The number of unbranched alkanes of at least 4 members (excludes halogenated alkanes) is 2. The summed E-state index contributed by atoms with van der Waals surface area (Å²) in [5.41, 5.74) is 1.08. The smallest absolute Gasteiger partial charge is 0.224 e. The van der Waals surface area contributed by atoms with Crippen molar-refractivity contribution in [3.63, 3.8) is 0 Å². The SMILES string of the molecule is Cc1cnc(N(C)CCCCCO)nc1. The Labute approximate surface area is 91.0 Å². The van der Waals surface area contributed by atoms with Gasteiger partial charge in [-0.2, -0.15) is 0 Å². The number of aromatic nitrogens is 2. The highest BCUT2D eigenvalue weighted by atomic mass is 16.2. The zero-order valence-corrected chi connectivity index (χ0v) is 9.48. The van der Waals surface area contributed by atoms with Crippen molar-refractivity contribution < 1.29 is 5.11 Å². The highest BCUT2D eigenvalue weighted by Crippen LogP contribution is 2.06. The van der Waals surface area contributed by atoms with E-state index in [9.17, 15) is 0 Å². The first-order valence-corrected chi connectivity index (χ1v) is 5.34. The van der Waals surface area contributed by atoms with E-state index in [-0.39, 0.29) is 6.61 Å². The molecule has 0 fully saturated rings. The van der Waals surface area contributed by atoms with Crippen LogP contribution in [-0.4, -0.2) is 35.3 Å². The number of aryl methyl sites for hydroxylation is 1. The van der Waals surface area contributed by atoms with Crippen LogP contribution in [0.15, 0.2) is 12.4 Å². The van der Waals surface area contributed by atoms with Gasteiger partial charge in [0, 0.05) is 32.6 Å². The van der Waals surface area contributed by atoms with Gasteiger partial charge in [-0.3, -0.25) is 0 Å². The molecule has 0 radical (unpaired) electrons. The molecule has 0 aliphatic rings. The molecule has 15 heavy (non-hydrogen) atoms. The molecule has 0 saturated heterocycles. The summed E-state index contributed by atoms with van der Waals surface area (Å²) in [5.74, 6) is 0.768. The third kappa shape index (κ3) is 4.25. The first-order chi connectivity index (χ1) is 7.24. The van der Waals surface area contributed by atoms with Crippen molar-refractivity contribution in [3.8, 4) is 0 Å². The zero-order valence-electron chi connectivity index (χ0n) is 9.48. The molecule has 0 saturated carbocycles. The topological polar surface area (TPSA) is 49.2 Å². The molecule has 0 spiro atoms. The molecular weight excluding hydrogens is 190 g/mol. The Morgan fingerprint density at radius 1 is 1.20 bits per heavy atom. The number of rotatable bonds is 6. The average molecular weight is 209 g/mol. The van der Waals surface area contributed by atoms with Gasteiger partial charge in [-0.15, -0.1) is 0 Å². The Morgan fingerprint density at radius 3 is 2.47 bits per heavy atom. The third-order valence-electron chi connectivity index (χ3n) is 2.26. The number of nitrogens with zero attached hydrogens (tertiary/aromatic N) is 3. The molecule has 1 aromatic heterocycles. The molecule has 84 valence electrons. The Morgan fingerprint density at radius 2 is 1.87 bits per heavy atom. The highest BCUT2D eigenvalue weighted by molar-refractivity contribution is 5.27. The molecule has 1 aromatic rings. The summed E-state index contributed by atoms with van der Waals surface area (Å²) in [4.78, 5) is 10.5. The van der Waals surface area contributed by atoms with E-state index in [1.54, 1.807) is 0 Å². The maximum absolute atomic E-state index is 8.64. The number of aliphatic hydroxyl groups is 1. The molecular formula is C11H19N3O. The van der Waals surface area contributed by atoms with E-state index in [2.05, 4.69) is 9.97 Å². The van der Waals surface area contributed by atoms with Gasteiger partial charge in [0.1, 0.15) is 0 Å². The first kappa shape index (κ1) is 11.9. The van der Waals surface area contributed by atoms with Crippen LogP contribution in [0.5, 0.6) is 0 Å². The Kier molecular flexibility index (Phi) is 5.04. The Balaban J connectivity index is 2.33. The van der Waals surface area contributed by atoms with Gasteiger partial charge in [0.05, 0.1) is 0 Å². The quantitative estimate of drug-likeness (QED) is 0.719. The molecule has 0 aliphatic heterocycles. The lowest BCUT2D eigenvalue weighted by Gasteiger charge is -2.16. The molecule has 1 rings (SSSR count). The summed E-state index contributed by atoms with van der Waals surface area (Å²) in [5, 5.41) is 8.64. The molecule has 0 bridgehead atoms. The van der Waals surface area contributed by atoms with Crippen LogP contribution in [0.2, 0.25) is 0 Å². The van der Waals surface area contributed by atoms with Gasteiger partial charge in [-0.25, -0.2) is 9.97 Å². The van der Waals surface area contributed by atoms with Crippen molar-refractivity contribution in [2.75, 3.05) is 25.1 Å². The molecule has 4 nitrogen and oxygen atoms in total. The second-order valence-corrected chi connectivity index (χ2v) is 3.77. The van der Waals surface area contributed by atoms with Crippen LogP contribution >= 0.6 is 0 Å². The number of aliphatic hydroxyl groups excluding tert-OH is 1. The monoisotopic (exact) mass is 209 g/mol. The minimum atomic E-state index is 0.282. The van der Waals surface area contributed by atoms with E-state index in [1.165, 1.54) is 0 Å². The number of anilines is 1. The van der Waals surface area contributed by atoms with Crippen molar-refractivity contribution in [3.05, 3.63) is 18.0 Å². The maximum Gasteiger partial charge on any atom is 0.224 e. The van der Waals surface area contributed by atoms with Crippen molar-refractivity contribution in [2.45, 2.75) is 26.2 Å². The summed E-state index contributed by atoms with van der Waals surface area (Å²) in [7, 11) is 1.99. The van der Waals surface area contributed by atoms with E-state index in [4.69, 9.17) is 5.11 Å². The summed E-state index contributed by atoms with van der Waals surface area (Å²) >= 11 is 0. The molecule has 0 amide bonds. The Bertz CT molecular complexity index is 274. The first-order valence-electron chi connectivity index (χ1n) is 5.34. The largest absolute Gasteiger partial charge is 0.396 e. The van der Waals surface area contributed by atoms with Crippen molar-refractivity contribution >= 4 is 5.95 Å². The summed E-state index contributed by atoms with van der Waals surface area (Å²) < 4.78 is 0. The van der Waals surface area contributed by atoms with Crippen molar-refractivity contribution in [1.82, 2.24) is 9.97 Å². The van der Waals surface area contributed by atoms with E-state index in [0.717, 1.165) is 37.3 Å². The maximum atomic E-state index is 8.64. The lowest BCUT2D eigenvalue weighted by atomic mass is 10.2. The van der Waals surface area contributed by atoms with Crippen molar-refractivity contribution in [1.29, 1.82) is 0 Å². The second kappa shape index (κ2) is 6.35. The number of hydrogen-bond acceptors (Lipinski definition) is 4. The van der Waals surface area contributed by atoms with Crippen molar-refractivity contribution in [2.24, 2.45) is 0 Å². The highest BCUT2D eigenvalue weighted by Gasteiger charge is 2.02. The molecule has 0 unspecified atom stereocenters. The lowest BCUT2D eigenvalue weighted by molar-refractivity contribution is 0.283. The van der Waals surface area contributed by atoms with E-state index >= 15 is 0 Å². The fourth-order valence-corrected chi connectivity index (χ4v) is 1.32. The predicted molar refractivity (Wildman–Crippen MR) is 61.0 cm³/mol. The summed E-state index contributed by atoms with van der Waals surface area (Å²) in [6, 6.07) is 0. The van der Waals surface area contributed by atoms with Crippen LogP contribution in [0.3, 0.4) is 0 Å². The van der Waals surface area contributed by atoms with Crippen LogP contribution in [0.4, 0.5) is 5.95 Å². The molecule has 1 N–H and O–H groups in total. The molecule has 0 aromatic carbocycles. The number of hydrogen-bond donors (Lipinski definition) is 1. The minimum absolute atomic E-state index is 0.282. The normalized spacial score (nSPS) is 10.3. The van der Waals surface area contributed by atoms with Gasteiger partial charge >= 0.3 is 0 Å². The van der Waals surface area contributed by atoms with Gasteiger partial charge in [0.15, 0.2) is 0 Å². The van der Waals surface area contributed by atoms with Gasteiger partial charge < -0.3 is 10.0 Å². The van der Waals surface area contributed by atoms with Gasteiger partial charge in [-0.1, -0.05) is 0 Å². The molecule has 0 atom stereocenters. The standard InChI is InChI=1S/C11H19N3O/c1-10-8-12-11(13-9-10)14(2)6-4-3-5-7-15/h8-9,15H,3-7H2,1-2H3. The fourth-order valence-electron chi connectivity index (χ4n) is 1.32. The third-order valence-corrected chi connectivity index (χ3v) is 2.26. The van der Waals surface area contributed by atoms with E-state index < -0.39 is 0 Å². The fraction of sp³-hybridized carbons (Fsp3) is 0.636. The van der Waals surface area contributed by atoms with Crippen LogP contribution in [0.1, 0.15) is 24.8 Å². The van der Waals surface area contributed by atoms with Crippen LogP contribution < -0.4 is 4.90 Å². The van der Waals surface area contributed by atoms with E-state index in [0.29, 0.717) is 0 Å². The van der Waals surface area contributed by atoms with Crippen LogP contribution in [-0.2, 0) is 0 Å². The van der Waals surface area contributed by atoms with E-state index in [1.807, 2.05) is 31.3 Å². The average Bonchev–Trinajstić information content (AvgIpc) is 2.25. The van der Waals surface area contributed by atoms with Crippen LogP contribution in [0, 0.1) is 6.92 Å². The molecule has 4 heteroatoms. The summed E-state index contributed by atoms with van der Waals surface area (Å²) in [6.45, 7) is 3.19. The molecule has 0 aliphatic carbocycles. The zero-order chi connectivity index (χ0) is 11.1. The van der Waals surface area contributed by atoms with Gasteiger partial charge in [0.25, 0.3) is 0 Å². The molecule has 1 heterocycles. The second-order valence-electron chi connectivity index (χ2n) is 3.77. The Hall–Kier alpha value is -1.16. The van der Waals surface area contributed by atoms with Gasteiger partial charge in [0.2, 0.25) is 5.95 Å². The lowest BCUT2D eigenvalue weighted by Crippen LogP contribution is -2.20. The van der Waals surface area contributed by atoms with Gasteiger partial charge in [-0.05, 0) is 31.7 Å². The summed E-state index contributed by atoms with van der Waals surface area (Å²) in [6.07, 6.45) is 6.64. The minimum Gasteiger partial charge on any atom is -0.396 e.